The van der Waals surface area contributed by atoms with Gasteiger partial charge in [-0.15, -0.1) is 11.8 Å². The molecule has 0 bridgehead atoms. The van der Waals surface area contributed by atoms with Crippen molar-refractivity contribution in [2.24, 2.45) is 0 Å². The molecule has 1 saturated heterocycles. The van der Waals surface area contributed by atoms with Crippen LogP contribution in [-0.4, -0.2) is 22.9 Å². The molecular formula is C11H9F4NO2S. The van der Waals surface area contributed by atoms with Gasteiger partial charge in [0.15, 0.2) is 0 Å². The maximum atomic E-state index is 13.1. The molecule has 1 aromatic carbocycles. The van der Waals surface area contributed by atoms with E-state index in [1.807, 2.05) is 0 Å². The SMILES string of the molecule is O=C(O)C1CSC(c2ccc(F)c(C(F)(F)F)c2)N1. The Morgan fingerprint density at radius 2 is 2.11 bits per heavy atom. The number of halogens is 4. The quantitative estimate of drug-likeness (QED) is 0.824. The number of alkyl halides is 3. The van der Waals surface area contributed by atoms with Gasteiger partial charge in [-0.05, 0) is 17.7 Å². The molecule has 2 atom stereocenters. The number of nitrogens with one attached hydrogen (secondary N) is 1. The fourth-order valence-corrected chi connectivity index (χ4v) is 2.95. The van der Waals surface area contributed by atoms with Crippen LogP contribution in [0.3, 0.4) is 0 Å². The average Bonchev–Trinajstić information content (AvgIpc) is 2.77. The summed E-state index contributed by atoms with van der Waals surface area (Å²) in [7, 11) is 0. The van der Waals surface area contributed by atoms with Crippen LogP contribution in [0.15, 0.2) is 18.2 Å². The number of hydrogen-bond donors (Lipinski definition) is 2. The number of carboxylic acid groups (broad SMARTS) is 1. The third kappa shape index (κ3) is 3.01. The van der Waals surface area contributed by atoms with Gasteiger partial charge in [-0.3, -0.25) is 10.1 Å². The molecular weight excluding hydrogens is 286 g/mol. The van der Waals surface area contributed by atoms with Crippen LogP contribution in [0, 0.1) is 5.82 Å². The topological polar surface area (TPSA) is 49.3 Å². The molecule has 0 radical (unpaired) electrons. The van der Waals surface area contributed by atoms with E-state index in [-0.39, 0.29) is 11.3 Å². The predicted octanol–water partition coefficient (Wildman–Crippen LogP) is 2.63. The van der Waals surface area contributed by atoms with Crippen molar-refractivity contribution < 1.29 is 27.5 Å². The largest absolute Gasteiger partial charge is 0.480 e. The van der Waals surface area contributed by atoms with E-state index >= 15 is 0 Å². The molecule has 8 heteroatoms. The average molecular weight is 295 g/mol. The van der Waals surface area contributed by atoms with Gasteiger partial charge in [0.2, 0.25) is 0 Å². The molecule has 2 unspecified atom stereocenters. The van der Waals surface area contributed by atoms with Crippen molar-refractivity contribution in [3.8, 4) is 0 Å². The maximum absolute atomic E-state index is 13.1. The minimum Gasteiger partial charge on any atom is -0.480 e. The van der Waals surface area contributed by atoms with Crippen LogP contribution in [0.5, 0.6) is 0 Å². The van der Waals surface area contributed by atoms with Crippen molar-refractivity contribution in [3.63, 3.8) is 0 Å². The van der Waals surface area contributed by atoms with Crippen LogP contribution >= 0.6 is 11.8 Å². The molecule has 104 valence electrons. The number of carbonyl (C=O) groups is 1. The van der Waals surface area contributed by atoms with E-state index < -0.39 is 34.9 Å². The molecule has 1 aliphatic heterocycles. The molecule has 0 spiro atoms. The Labute approximate surface area is 110 Å². The molecule has 0 amide bonds. The lowest BCUT2D eigenvalue weighted by molar-refractivity contribution is -0.140. The molecule has 1 fully saturated rings. The zero-order valence-corrected chi connectivity index (χ0v) is 10.2. The van der Waals surface area contributed by atoms with Gasteiger partial charge in [0, 0.05) is 5.75 Å². The van der Waals surface area contributed by atoms with Gasteiger partial charge in [0.1, 0.15) is 11.9 Å². The Kier molecular flexibility index (Phi) is 3.73. The lowest BCUT2D eigenvalue weighted by Crippen LogP contribution is -2.33. The zero-order chi connectivity index (χ0) is 14.2. The number of carboxylic acids is 1. The summed E-state index contributed by atoms with van der Waals surface area (Å²) in [6.07, 6.45) is -4.77. The smallest absolute Gasteiger partial charge is 0.419 e. The number of thioether (sulfide) groups is 1. The van der Waals surface area contributed by atoms with Gasteiger partial charge >= 0.3 is 12.1 Å². The first kappa shape index (κ1) is 14.1. The second-order valence-electron chi connectivity index (χ2n) is 4.01. The summed E-state index contributed by atoms with van der Waals surface area (Å²) < 4.78 is 50.8. The Morgan fingerprint density at radius 1 is 1.42 bits per heavy atom. The standard InChI is InChI=1S/C11H9F4NO2S/c12-7-2-1-5(3-6(7)11(13,14)15)9-16-8(4-19-9)10(17)18/h1-3,8-9,16H,4H2,(H,17,18). The first-order valence-corrected chi connectivity index (χ1v) is 6.31. The fraction of sp³-hybridized carbons (Fsp3) is 0.364. The first-order valence-electron chi connectivity index (χ1n) is 5.26. The van der Waals surface area contributed by atoms with Crippen molar-refractivity contribution in [2.75, 3.05) is 5.75 Å². The number of rotatable bonds is 2. The van der Waals surface area contributed by atoms with Crippen LogP contribution in [0.4, 0.5) is 17.6 Å². The summed E-state index contributed by atoms with van der Waals surface area (Å²) in [5.41, 5.74) is -1.13. The molecule has 1 aliphatic rings. The van der Waals surface area contributed by atoms with E-state index in [0.717, 1.165) is 6.07 Å². The van der Waals surface area contributed by atoms with Crippen molar-refractivity contribution in [1.29, 1.82) is 0 Å². The number of aliphatic carboxylic acids is 1. The monoisotopic (exact) mass is 295 g/mol. The molecule has 2 rings (SSSR count). The fourth-order valence-electron chi connectivity index (χ4n) is 1.73. The van der Waals surface area contributed by atoms with Crippen molar-refractivity contribution >= 4 is 17.7 Å². The number of hydrogen-bond acceptors (Lipinski definition) is 3. The third-order valence-electron chi connectivity index (χ3n) is 2.68. The highest BCUT2D eigenvalue weighted by Gasteiger charge is 2.36. The molecule has 1 heterocycles. The zero-order valence-electron chi connectivity index (χ0n) is 9.37. The summed E-state index contributed by atoms with van der Waals surface area (Å²) in [6.45, 7) is 0. The van der Waals surface area contributed by atoms with Gasteiger partial charge in [-0.25, -0.2) is 4.39 Å². The molecule has 2 N–H and O–H groups in total. The third-order valence-corrected chi connectivity index (χ3v) is 3.95. The Bertz CT molecular complexity index is 506. The van der Waals surface area contributed by atoms with Crippen LogP contribution in [0.25, 0.3) is 0 Å². The highest BCUT2D eigenvalue weighted by molar-refractivity contribution is 7.99. The van der Waals surface area contributed by atoms with Gasteiger partial charge in [-0.2, -0.15) is 13.2 Å². The summed E-state index contributed by atoms with van der Waals surface area (Å²) in [5, 5.41) is 10.9. The van der Waals surface area contributed by atoms with Gasteiger partial charge in [-0.1, -0.05) is 6.07 Å². The van der Waals surface area contributed by atoms with E-state index in [9.17, 15) is 22.4 Å². The van der Waals surface area contributed by atoms with Crippen LogP contribution < -0.4 is 5.32 Å². The summed E-state index contributed by atoms with van der Waals surface area (Å²) >= 11 is 1.18. The van der Waals surface area contributed by atoms with Crippen LogP contribution in [0.1, 0.15) is 16.5 Å². The summed E-state index contributed by atoms with van der Waals surface area (Å²) in [6, 6.07) is 1.87. The van der Waals surface area contributed by atoms with Crippen molar-refractivity contribution in [2.45, 2.75) is 17.6 Å². The van der Waals surface area contributed by atoms with Gasteiger partial charge in [0.05, 0.1) is 10.9 Å². The van der Waals surface area contributed by atoms with Crippen LogP contribution in [-0.2, 0) is 11.0 Å². The molecule has 0 aromatic heterocycles. The highest BCUT2D eigenvalue weighted by Crippen LogP contribution is 2.37. The highest BCUT2D eigenvalue weighted by atomic mass is 32.2. The minimum absolute atomic E-state index is 0.211. The lowest BCUT2D eigenvalue weighted by Gasteiger charge is -2.14. The normalized spacial score (nSPS) is 23.6. The van der Waals surface area contributed by atoms with E-state index in [4.69, 9.17) is 5.11 Å². The Balaban J connectivity index is 2.25. The summed E-state index contributed by atoms with van der Waals surface area (Å²) in [4.78, 5) is 10.7. The molecule has 1 aromatic rings. The first-order chi connectivity index (χ1) is 8.79. The second kappa shape index (κ2) is 5.01. The maximum Gasteiger partial charge on any atom is 0.419 e. The molecule has 19 heavy (non-hydrogen) atoms. The molecule has 3 nitrogen and oxygen atoms in total. The molecule has 0 saturated carbocycles. The Hall–Kier alpha value is -1.28. The van der Waals surface area contributed by atoms with E-state index in [1.165, 1.54) is 17.8 Å². The van der Waals surface area contributed by atoms with Crippen molar-refractivity contribution in [1.82, 2.24) is 5.32 Å². The number of benzene rings is 1. The van der Waals surface area contributed by atoms with Crippen LogP contribution in [0.2, 0.25) is 0 Å². The lowest BCUT2D eigenvalue weighted by atomic mass is 10.1. The van der Waals surface area contributed by atoms with E-state index in [2.05, 4.69) is 5.32 Å². The molecule has 0 aliphatic carbocycles. The second-order valence-corrected chi connectivity index (χ2v) is 5.15. The predicted molar refractivity (Wildman–Crippen MR) is 61.2 cm³/mol. The summed E-state index contributed by atoms with van der Waals surface area (Å²) in [5.74, 6) is -2.15. The Morgan fingerprint density at radius 3 is 2.63 bits per heavy atom. The minimum atomic E-state index is -4.77. The van der Waals surface area contributed by atoms with E-state index in [0.29, 0.717) is 6.07 Å². The van der Waals surface area contributed by atoms with Gasteiger partial charge < -0.3 is 5.11 Å². The van der Waals surface area contributed by atoms with Gasteiger partial charge in [0.25, 0.3) is 0 Å². The van der Waals surface area contributed by atoms with E-state index in [1.54, 1.807) is 0 Å². The van der Waals surface area contributed by atoms with Crippen molar-refractivity contribution in [3.05, 3.63) is 35.1 Å².